The van der Waals surface area contributed by atoms with Crippen LogP contribution in [-0.4, -0.2) is 50.2 Å². The molecular formula is C22H22F9NO3. The molecular weight excluding hydrogens is 497 g/mol. The Labute approximate surface area is 195 Å². The van der Waals surface area contributed by atoms with Crippen molar-refractivity contribution >= 4 is 0 Å². The first-order valence-corrected chi connectivity index (χ1v) is 10.2. The van der Waals surface area contributed by atoms with Gasteiger partial charge in [-0.15, -0.1) is 26.3 Å². The summed E-state index contributed by atoms with van der Waals surface area (Å²) in [6, 6.07) is 11.6. The average Bonchev–Trinajstić information content (AvgIpc) is 2.72. The fourth-order valence-corrected chi connectivity index (χ4v) is 3.04. The zero-order valence-corrected chi connectivity index (χ0v) is 18.3. The maximum atomic E-state index is 12.7. The molecule has 1 atom stereocenters. The summed E-state index contributed by atoms with van der Waals surface area (Å²) in [4.78, 5) is -0.0652. The number of alkyl halides is 9. The number of benzene rings is 2. The van der Waals surface area contributed by atoms with Crippen molar-refractivity contribution in [3.05, 3.63) is 59.7 Å². The van der Waals surface area contributed by atoms with Crippen LogP contribution in [0.15, 0.2) is 48.5 Å². The van der Waals surface area contributed by atoms with Crippen LogP contribution in [-0.2, 0) is 17.6 Å². The van der Waals surface area contributed by atoms with Gasteiger partial charge in [0.05, 0.1) is 0 Å². The average molecular weight is 519 g/mol. The summed E-state index contributed by atoms with van der Waals surface area (Å²) < 4.78 is 127. The summed E-state index contributed by atoms with van der Waals surface area (Å²) in [5.74, 6) is -0.217. The number of para-hydroxylation sites is 1. The number of halogens is 9. The fraction of sp³-hybridized carbons (Fsp3) is 0.455. The minimum atomic E-state index is -5.08. The lowest BCUT2D eigenvalue weighted by Gasteiger charge is -2.24. The van der Waals surface area contributed by atoms with E-state index in [1.165, 1.54) is 18.2 Å². The molecule has 0 fully saturated rings. The molecule has 0 aromatic heterocycles. The summed E-state index contributed by atoms with van der Waals surface area (Å²) in [6.45, 7) is -1.41. The maximum Gasteiger partial charge on any atom is 0.573 e. The Morgan fingerprint density at radius 3 is 2.14 bits per heavy atom. The Bertz CT molecular complexity index is 929. The van der Waals surface area contributed by atoms with Crippen LogP contribution in [0.4, 0.5) is 39.5 Å². The van der Waals surface area contributed by atoms with E-state index < -0.39 is 50.5 Å². The third kappa shape index (κ3) is 11.1. The van der Waals surface area contributed by atoms with Crippen molar-refractivity contribution in [3.8, 4) is 11.5 Å². The maximum absolute atomic E-state index is 12.7. The van der Waals surface area contributed by atoms with Gasteiger partial charge in [0, 0.05) is 6.54 Å². The Hall–Kier alpha value is -2.67. The van der Waals surface area contributed by atoms with E-state index in [2.05, 4.69) is 9.47 Å². The van der Waals surface area contributed by atoms with Crippen LogP contribution in [0.3, 0.4) is 0 Å². The lowest BCUT2D eigenvalue weighted by atomic mass is 10.0. The SMILES string of the molecule is CN(CC[C@H](COc1ccccc1CCc1cccc(OC(F)(F)F)c1)OC(F)(F)F)C(F)(F)F. The minimum Gasteiger partial charge on any atom is -0.491 e. The molecule has 0 unspecified atom stereocenters. The van der Waals surface area contributed by atoms with Gasteiger partial charge in [-0.1, -0.05) is 30.3 Å². The van der Waals surface area contributed by atoms with Gasteiger partial charge in [-0.25, -0.2) is 4.90 Å². The molecule has 0 aliphatic rings. The van der Waals surface area contributed by atoms with Gasteiger partial charge >= 0.3 is 19.0 Å². The number of hydrogen-bond acceptors (Lipinski definition) is 4. The molecule has 2 aromatic rings. The normalized spacial score (nSPS) is 13.7. The van der Waals surface area contributed by atoms with Crippen LogP contribution >= 0.6 is 0 Å². The Morgan fingerprint density at radius 2 is 1.51 bits per heavy atom. The van der Waals surface area contributed by atoms with Crippen LogP contribution in [0.2, 0.25) is 0 Å². The summed E-state index contributed by atoms with van der Waals surface area (Å²) in [5.41, 5.74) is 1.04. The molecule has 0 spiro atoms. The number of aryl methyl sites for hydroxylation is 2. The smallest absolute Gasteiger partial charge is 0.491 e. The predicted molar refractivity (Wildman–Crippen MR) is 107 cm³/mol. The highest BCUT2D eigenvalue weighted by atomic mass is 19.4. The minimum absolute atomic E-state index is 0.0652. The van der Waals surface area contributed by atoms with Gasteiger partial charge in [-0.3, -0.25) is 4.74 Å². The van der Waals surface area contributed by atoms with Gasteiger partial charge in [-0.05, 0) is 55.6 Å². The molecule has 13 heteroatoms. The highest BCUT2D eigenvalue weighted by Gasteiger charge is 2.37. The van der Waals surface area contributed by atoms with Crippen molar-refractivity contribution in [2.45, 2.75) is 44.4 Å². The Balaban J connectivity index is 2.03. The van der Waals surface area contributed by atoms with Crippen molar-refractivity contribution in [1.29, 1.82) is 0 Å². The van der Waals surface area contributed by atoms with E-state index in [1.54, 1.807) is 24.3 Å². The van der Waals surface area contributed by atoms with Gasteiger partial charge < -0.3 is 9.47 Å². The molecule has 35 heavy (non-hydrogen) atoms. The van der Waals surface area contributed by atoms with E-state index in [0.29, 0.717) is 18.2 Å². The van der Waals surface area contributed by atoms with Gasteiger partial charge in [0.1, 0.15) is 24.2 Å². The quantitative estimate of drug-likeness (QED) is 0.251. The van der Waals surface area contributed by atoms with E-state index >= 15 is 0 Å². The second kappa shape index (κ2) is 11.8. The molecule has 2 rings (SSSR count). The Kier molecular flexibility index (Phi) is 9.67. The fourth-order valence-electron chi connectivity index (χ4n) is 3.04. The molecule has 0 saturated heterocycles. The van der Waals surface area contributed by atoms with E-state index in [-0.39, 0.29) is 23.5 Å². The third-order valence-electron chi connectivity index (χ3n) is 4.73. The third-order valence-corrected chi connectivity index (χ3v) is 4.73. The highest BCUT2D eigenvalue weighted by Crippen LogP contribution is 2.27. The van der Waals surface area contributed by atoms with E-state index in [1.807, 2.05) is 0 Å². The number of nitrogens with zero attached hydrogens (tertiary/aromatic N) is 1. The van der Waals surface area contributed by atoms with Crippen LogP contribution in [0, 0.1) is 0 Å². The van der Waals surface area contributed by atoms with E-state index in [4.69, 9.17) is 4.74 Å². The van der Waals surface area contributed by atoms with Crippen molar-refractivity contribution in [2.75, 3.05) is 20.2 Å². The predicted octanol–water partition coefficient (Wildman–Crippen LogP) is 6.50. The standard InChI is InChI=1S/C22H22F9NO3/c1-32(20(23,24)25)12-11-18(35-22(29,30)31)14-33-19-8-3-2-6-16(19)10-9-15-5-4-7-17(13-15)34-21(26,27)28/h2-8,13,18H,9-12,14H2,1H3/t18-/m1/s1. The second-order valence-corrected chi connectivity index (χ2v) is 7.48. The first-order valence-electron chi connectivity index (χ1n) is 10.2. The van der Waals surface area contributed by atoms with Gasteiger partial charge in [0.25, 0.3) is 0 Å². The van der Waals surface area contributed by atoms with Gasteiger partial charge in [0.2, 0.25) is 0 Å². The van der Waals surface area contributed by atoms with Crippen molar-refractivity contribution < 1.29 is 53.7 Å². The lowest BCUT2D eigenvalue weighted by Crippen LogP contribution is -2.38. The molecule has 0 N–H and O–H groups in total. The van der Waals surface area contributed by atoms with Crippen LogP contribution in [0.25, 0.3) is 0 Å². The van der Waals surface area contributed by atoms with Gasteiger partial charge in [-0.2, -0.15) is 13.2 Å². The molecule has 4 nitrogen and oxygen atoms in total. The second-order valence-electron chi connectivity index (χ2n) is 7.48. The summed E-state index contributed by atoms with van der Waals surface area (Å²) in [5, 5.41) is 0. The van der Waals surface area contributed by atoms with Crippen LogP contribution in [0.5, 0.6) is 11.5 Å². The van der Waals surface area contributed by atoms with Crippen LogP contribution < -0.4 is 9.47 Å². The summed E-state index contributed by atoms with van der Waals surface area (Å²) >= 11 is 0. The molecule has 0 saturated carbocycles. The summed E-state index contributed by atoms with van der Waals surface area (Å²) in [7, 11) is 0.704. The first kappa shape index (κ1) is 28.6. The highest BCUT2D eigenvalue weighted by molar-refractivity contribution is 5.35. The largest absolute Gasteiger partial charge is 0.573 e. The topological polar surface area (TPSA) is 30.9 Å². The molecule has 0 aliphatic carbocycles. The van der Waals surface area contributed by atoms with Gasteiger partial charge in [0.15, 0.2) is 0 Å². The number of hydrogen-bond donors (Lipinski definition) is 0. The summed E-state index contributed by atoms with van der Waals surface area (Å²) in [6.07, 6.45) is -16.4. The Morgan fingerprint density at radius 1 is 0.829 bits per heavy atom. The molecule has 2 aromatic carbocycles. The molecule has 0 amide bonds. The van der Waals surface area contributed by atoms with Crippen molar-refractivity contribution in [3.63, 3.8) is 0 Å². The molecule has 0 radical (unpaired) electrons. The monoisotopic (exact) mass is 519 g/mol. The molecule has 196 valence electrons. The number of rotatable bonds is 11. The zero-order valence-electron chi connectivity index (χ0n) is 18.3. The first-order chi connectivity index (χ1) is 16.1. The van der Waals surface area contributed by atoms with E-state index in [0.717, 1.165) is 6.07 Å². The van der Waals surface area contributed by atoms with Crippen LogP contribution in [0.1, 0.15) is 17.5 Å². The zero-order chi connectivity index (χ0) is 26.3. The number of ether oxygens (including phenoxy) is 3. The molecule has 0 bridgehead atoms. The van der Waals surface area contributed by atoms with Crippen molar-refractivity contribution in [1.82, 2.24) is 4.90 Å². The molecule has 0 heterocycles. The van der Waals surface area contributed by atoms with E-state index in [9.17, 15) is 39.5 Å². The van der Waals surface area contributed by atoms with Crippen molar-refractivity contribution in [2.24, 2.45) is 0 Å². The molecule has 0 aliphatic heterocycles. The lowest BCUT2D eigenvalue weighted by molar-refractivity contribution is -0.346.